The second-order valence-corrected chi connectivity index (χ2v) is 4.68. The van der Waals surface area contributed by atoms with Gasteiger partial charge in [0.05, 0.1) is 12.4 Å². The minimum absolute atomic E-state index is 0. The Labute approximate surface area is 129 Å². The average molecular weight is 273 g/mol. The van der Waals surface area contributed by atoms with Crippen molar-refractivity contribution in [1.29, 1.82) is 0 Å². The van der Waals surface area contributed by atoms with E-state index in [9.17, 15) is 14.7 Å². The molecule has 88 valence electrons. The molecular weight excluding hydrogens is 265 g/mol. The van der Waals surface area contributed by atoms with Crippen LogP contribution in [-0.4, -0.2) is 29.0 Å². The second-order valence-electron chi connectivity index (χ2n) is 3.90. The van der Waals surface area contributed by atoms with E-state index in [4.69, 9.17) is 4.74 Å². The molecule has 0 spiro atoms. The molecule has 3 heterocycles. The molecule has 7 heteroatoms. The zero-order valence-electron chi connectivity index (χ0n) is 9.66. The molecule has 0 bridgehead atoms. The van der Waals surface area contributed by atoms with Gasteiger partial charge in [-0.15, -0.1) is 0 Å². The van der Waals surface area contributed by atoms with Gasteiger partial charge in [-0.3, -0.25) is 9.69 Å². The standard InChI is InChI=1S/C11H9NO4S.Na/c13-8-4-9-12(8)10(11(14)15)7(16-9)3-6-1-2-17-5-6;/h1-3,5,9-10H,4H2,(H,14,15);/q;+1/p-1/b7-3-;. The summed E-state index contributed by atoms with van der Waals surface area (Å²) in [6.45, 7) is 0. The summed E-state index contributed by atoms with van der Waals surface area (Å²) in [5.74, 6) is -1.24. The number of β-lactam (4-membered cyclic amide) rings is 1. The molecule has 1 aromatic heterocycles. The molecule has 2 fully saturated rings. The molecule has 2 aliphatic heterocycles. The molecule has 0 N–H and O–H groups in total. The van der Waals surface area contributed by atoms with E-state index >= 15 is 0 Å². The second kappa shape index (κ2) is 5.05. The van der Waals surface area contributed by atoms with Gasteiger partial charge in [0.2, 0.25) is 5.91 Å². The van der Waals surface area contributed by atoms with Gasteiger partial charge in [0, 0.05) is 0 Å². The number of thiophene rings is 1. The minimum Gasteiger partial charge on any atom is -0.547 e. The third kappa shape index (κ3) is 2.09. The summed E-state index contributed by atoms with van der Waals surface area (Å²) < 4.78 is 5.43. The van der Waals surface area contributed by atoms with Crippen molar-refractivity contribution in [3.8, 4) is 0 Å². The van der Waals surface area contributed by atoms with Crippen molar-refractivity contribution in [3.05, 3.63) is 28.1 Å². The number of ether oxygens (including phenoxy) is 1. The molecule has 18 heavy (non-hydrogen) atoms. The van der Waals surface area contributed by atoms with Crippen LogP contribution in [0.4, 0.5) is 0 Å². The van der Waals surface area contributed by atoms with Crippen molar-refractivity contribution in [2.75, 3.05) is 0 Å². The first-order valence-electron chi connectivity index (χ1n) is 5.09. The van der Waals surface area contributed by atoms with E-state index in [1.54, 1.807) is 6.08 Å². The van der Waals surface area contributed by atoms with E-state index in [0.29, 0.717) is 0 Å². The molecule has 0 radical (unpaired) electrons. The maximum atomic E-state index is 11.3. The largest absolute Gasteiger partial charge is 1.00 e. The Bertz CT molecular complexity index is 513. The molecule has 0 saturated carbocycles. The van der Waals surface area contributed by atoms with Gasteiger partial charge in [0.25, 0.3) is 0 Å². The van der Waals surface area contributed by atoms with Gasteiger partial charge in [-0.2, -0.15) is 11.3 Å². The summed E-state index contributed by atoms with van der Waals surface area (Å²) in [5.41, 5.74) is 0.867. The van der Waals surface area contributed by atoms with E-state index < -0.39 is 18.2 Å². The van der Waals surface area contributed by atoms with Crippen LogP contribution in [0.3, 0.4) is 0 Å². The number of hydrogen-bond acceptors (Lipinski definition) is 5. The van der Waals surface area contributed by atoms with Crippen LogP contribution in [0.2, 0.25) is 0 Å². The van der Waals surface area contributed by atoms with Gasteiger partial charge >= 0.3 is 29.6 Å². The molecule has 1 amide bonds. The fourth-order valence-electron chi connectivity index (χ4n) is 2.03. The van der Waals surface area contributed by atoms with Crippen molar-refractivity contribution in [3.63, 3.8) is 0 Å². The van der Waals surface area contributed by atoms with Gasteiger partial charge in [-0.1, -0.05) is 0 Å². The van der Waals surface area contributed by atoms with E-state index in [-0.39, 0.29) is 47.6 Å². The van der Waals surface area contributed by atoms with Crippen LogP contribution in [-0.2, 0) is 14.3 Å². The third-order valence-electron chi connectivity index (χ3n) is 2.84. The molecule has 2 atom stereocenters. The van der Waals surface area contributed by atoms with Crippen molar-refractivity contribution < 1.29 is 49.0 Å². The topological polar surface area (TPSA) is 69.7 Å². The van der Waals surface area contributed by atoms with Gasteiger partial charge in [0.1, 0.15) is 11.8 Å². The fraction of sp³-hybridized carbons (Fsp3) is 0.273. The molecule has 2 aliphatic rings. The Morgan fingerprint density at radius 3 is 2.94 bits per heavy atom. The van der Waals surface area contributed by atoms with Crippen LogP contribution < -0.4 is 34.7 Å². The summed E-state index contributed by atoms with van der Waals surface area (Å²) in [4.78, 5) is 23.6. The number of fused-ring (bicyclic) bond motifs is 1. The Hall–Kier alpha value is -0.820. The smallest absolute Gasteiger partial charge is 0.547 e. The molecule has 1 aromatic rings. The first-order valence-corrected chi connectivity index (χ1v) is 6.03. The van der Waals surface area contributed by atoms with Crippen LogP contribution in [0.5, 0.6) is 0 Å². The monoisotopic (exact) mass is 273 g/mol. The van der Waals surface area contributed by atoms with Crippen molar-refractivity contribution in [2.24, 2.45) is 0 Å². The predicted molar refractivity (Wildman–Crippen MR) is 57.4 cm³/mol. The van der Waals surface area contributed by atoms with Gasteiger partial charge in [-0.05, 0) is 28.5 Å². The number of nitrogens with zero attached hydrogens (tertiary/aromatic N) is 1. The van der Waals surface area contributed by atoms with E-state index in [2.05, 4.69) is 0 Å². The fourth-order valence-corrected chi connectivity index (χ4v) is 2.65. The van der Waals surface area contributed by atoms with E-state index in [0.717, 1.165) is 5.56 Å². The number of hydrogen-bond donors (Lipinski definition) is 0. The Balaban J connectivity index is 0.00000120. The zero-order valence-corrected chi connectivity index (χ0v) is 12.5. The SMILES string of the molecule is O=C([O-])C1/C(=C/c2ccsc2)OC2CC(=O)N21.[Na+]. The number of carbonyl (C=O) groups excluding carboxylic acids is 2. The predicted octanol–water partition coefficient (Wildman–Crippen LogP) is -3.20. The summed E-state index contributed by atoms with van der Waals surface area (Å²) in [7, 11) is 0. The summed E-state index contributed by atoms with van der Waals surface area (Å²) >= 11 is 1.51. The first kappa shape index (κ1) is 13.6. The van der Waals surface area contributed by atoms with Crippen molar-refractivity contribution in [1.82, 2.24) is 4.90 Å². The molecule has 0 aliphatic carbocycles. The number of rotatable bonds is 2. The van der Waals surface area contributed by atoms with Crippen molar-refractivity contribution >= 4 is 29.3 Å². The summed E-state index contributed by atoms with van der Waals surface area (Å²) in [6.07, 6.45) is 1.45. The molecule has 2 unspecified atom stereocenters. The average Bonchev–Trinajstić information content (AvgIpc) is 2.84. The number of carboxylic acid groups (broad SMARTS) is 1. The number of carbonyl (C=O) groups is 2. The van der Waals surface area contributed by atoms with Crippen LogP contribution >= 0.6 is 11.3 Å². The Kier molecular flexibility index (Phi) is 3.82. The normalized spacial score (nSPS) is 27.2. The number of carboxylic acids is 1. The summed E-state index contributed by atoms with van der Waals surface area (Å²) in [5, 5.41) is 14.8. The maximum Gasteiger partial charge on any atom is 1.00 e. The van der Waals surface area contributed by atoms with Gasteiger partial charge in [0.15, 0.2) is 6.23 Å². The van der Waals surface area contributed by atoms with Crippen LogP contribution in [0.25, 0.3) is 6.08 Å². The molecular formula is C11H8NNaO4S. The minimum atomic E-state index is -1.30. The van der Waals surface area contributed by atoms with Crippen LogP contribution in [0.1, 0.15) is 12.0 Å². The first-order chi connectivity index (χ1) is 8.16. The Morgan fingerprint density at radius 2 is 2.39 bits per heavy atom. The van der Waals surface area contributed by atoms with Crippen molar-refractivity contribution in [2.45, 2.75) is 18.7 Å². The van der Waals surface area contributed by atoms with Crippen LogP contribution in [0, 0.1) is 0 Å². The number of aliphatic carboxylic acids is 1. The zero-order chi connectivity index (χ0) is 12.0. The maximum absolute atomic E-state index is 11.3. The quantitative estimate of drug-likeness (QED) is 0.420. The third-order valence-corrected chi connectivity index (χ3v) is 3.54. The molecule has 0 aromatic carbocycles. The number of amides is 1. The van der Waals surface area contributed by atoms with Gasteiger partial charge < -0.3 is 14.6 Å². The molecule has 2 saturated heterocycles. The van der Waals surface area contributed by atoms with E-state index in [1.165, 1.54) is 16.2 Å². The van der Waals surface area contributed by atoms with Crippen LogP contribution in [0.15, 0.2) is 22.6 Å². The molecule has 5 nitrogen and oxygen atoms in total. The van der Waals surface area contributed by atoms with Gasteiger partial charge in [-0.25, -0.2) is 0 Å². The Morgan fingerprint density at radius 1 is 1.61 bits per heavy atom. The summed E-state index contributed by atoms with van der Waals surface area (Å²) in [6, 6.07) is 0.770. The molecule has 3 rings (SSSR count). The van der Waals surface area contributed by atoms with E-state index in [1.807, 2.05) is 16.8 Å².